The van der Waals surface area contributed by atoms with Gasteiger partial charge in [-0.15, -0.1) is 0 Å². The summed E-state index contributed by atoms with van der Waals surface area (Å²) in [6.07, 6.45) is 2.62. The third-order valence-corrected chi connectivity index (χ3v) is 4.88. The number of thioether (sulfide) groups is 1. The van der Waals surface area contributed by atoms with Gasteiger partial charge in [0.1, 0.15) is 0 Å². The molecule has 0 saturated carbocycles. The summed E-state index contributed by atoms with van der Waals surface area (Å²) in [5.74, 6) is -0.109. The van der Waals surface area contributed by atoms with Gasteiger partial charge >= 0.3 is 0 Å². The lowest BCUT2D eigenvalue weighted by Crippen LogP contribution is -2.23. The third-order valence-electron chi connectivity index (χ3n) is 3.90. The molecule has 0 aliphatic heterocycles. The van der Waals surface area contributed by atoms with Crippen LogP contribution in [-0.2, 0) is 17.6 Å². The third kappa shape index (κ3) is 3.64. The van der Waals surface area contributed by atoms with Crippen molar-refractivity contribution in [3.63, 3.8) is 0 Å². The lowest BCUT2D eigenvalue weighted by molar-refractivity contribution is -0.115. The molecule has 0 radical (unpaired) electrons. The molecule has 23 heavy (non-hydrogen) atoms. The fourth-order valence-corrected chi connectivity index (χ4v) is 3.39. The molecule has 1 aromatic heterocycles. The number of rotatable bonds is 4. The summed E-state index contributed by atoms with van der Waals surface area (Å²) in [6, 6.07) is 7.65. The summed E-state index contributed by atoms with van der Waals surface area (Å²) in [5.41, 5.74) is 3.52. The lowest BCUT2D eigenvalue weighted by Gasteiger charge is -2.12. The van der Waals surface area contributed by atoms with Crippen LogP contribution in [0.25, 0.3) is 0 Å². The molecule has 0 saturated heterocycles. The number of carbonyl (C=O) groups excluding carboxylic acids is 1. The number of aromatic nitrogens is 2. The van der Waals surface area contributed by atoms with Crippen molar-refractivity contribution in [3.05, 3.63) is 51.4 Å². The molecule has 120 valence electrons. The standard InChI is InChI=1S/C17H19N3O2S/c1-10-6-8-12(9-7-10)18-15(21)11(2)23-17-19-14-5-3-4-13(14)16(22)20-17/h6-9,11H,3-5H2,1-2H3,(H,18,21)(H,19,20,22)/t11-/m0/s1. The zero-order valence-electron chi connectivity index (χ0n) is 13.2. The molecule has 1 heterocycles. The van der Waals surface area contributed by atoms with E-state index in [-0.39, 0.29) is 16.7 Å². The van der Waals surface area contributed by atoms with Crippen molar-refractivity contribution in [3.8, 4) is 0 Å². The topological polar surface area (TPSA) is 74.8 Å². The fraction of sp³-hybridized carbons (Fsp3) is 0.353. The van der Waals surface area contributed by atoms with E-state index in [0.717, 1.165) is 41.8 Å². The Bertz CT molecular complexity index is 783. The summed E-state index contributed by atoms with van der Waals surface area (Å²) in [7, 11) is 0. The number of fused-ring (bicyclic) bond motifs is 1. The van der Waals surface area contributed by atoms with Gasteiger partial charge < -0.3 is 10.3 Å². The molecule has 1 atom stereocenters. The highest BCUT2D eigenvalue weighted by atomic mass is 32.2. The highest BCUT2D eigenvalue weighted by molar-refractivity contribution is 8.00. The van der Waals surface area contributed by atoms with Crippen LogP contribution >= 0.6 is 11.8 Å². The van der Waals surface area contributed by atoms with Crippen LogP contribution in [0.4, 0.5) is 5.69 Å². The second kappa shape index (κ2) is 6.58. The van der Waals surface area contributed by atoms with E-state index in [9.17, 15) is 9.59 Å². The minimum atomic E-state index is -0.348. The Morgan fingerprint density at radius 1 is 1.30 bits per heavy atom. The van der Waals surface area contributed by atoms with E-state index in [2.05, 4.69) is 15.3 Å². The molecule has 6 heteroatoms. The van der Waals surface area contributed by atoms with Crippen LogP contribution in [0, 0.1) is 6.92 Å². The maximum atomic E-state index is 12.3. The number of hydrogen-bond acceptors (Lipinski definition) is 4. The zero-order chi connectivity index (χ0) is 16.4. The van der Waals surface area contributed by atoms with Crippen LogP contribution in [-0.4, -0.2) is 21.1 Å². The molecular weight excluding hydrogens is 310 g/mol. The number of carbonyl (C=O) groups is 1. The van der Waals surface area contributed by atoms with Gasteiger partial charge in [-0.25, -0.2) is 4.98 Å². The summed E-state index contributed by atoms with van der Waals surface area (Å²) in [5, 5.41) is 3.04. The maximum absolute atomic E-state index is 12.3. The number of nitrogens with one attached hydrogen (secondary N) is 2. The molecule has 2 aromatic rings. The molecule has 2 N–H and O–H groups in total. The van der Waals surface area contributed by atoms with Gasteiger partial charge in [-0.1, -0.05) is 29.5 Å². The second-order valence-corrected chi connectivity index (χ2v) is 7.09. The highest BCUT2D eigenvalue weighted by Gasteiger charge is 2.20. The molecule has 0 unspecified atom stereocenters. The Labute approximate surface area is 138 Å². The van der Waals surface area contributed by atoms with E-state index in [4.69, 9.17) is 0 Å². The molecular formula is C17H19N3O2S. The summed E-state index contributed by atoms with van der Waals surface area (Å²) in [4.78, 5) is 31.5. The van der Waals surface area contributed by atoms with Gasteiger partial charge in [-0.3, -0.25) is 9.59 Å². The molecule has 3 rings (SSSR count). The van der Waals surface area contributed by atoms with Gasteiger partial charge in [0.15, 0.2) is 5.16 Å². The Kier molecular flexibility index (Phi) is 4.52. The van der Waals surface area contributed by atoms with E-state index in [1.165, 1.54) is 11.8 Å². The number of anilines is 1. The van der Waals surface area contributed by atoms with E-state index < -0.39 is 0 Å². The van der Waals surface area contributed by atoms with E-state index >= 15 is 0 Å². The number of hydrogen-bond donors (Lipinski definition) is 2. The average molecular weight is 329 g/mol. The van der Waals surface area contributed by atoms with Gasteiger partial charge in [0, 0.05) is 11.3 Å². The first-order valence-electron chi connectivity index (χ1n) is 7.69. The SMILES string of the molecule is Cc1ccc(NC(=O)[C@H](C)Sc2nc3c(c(=O)[nH]2)CCC3)cc1. The molecule has 1 amide bonds. The molecule has 0 fully saturated rings. The lowest BCUT2D eigenvalue weighted by atomic mass is 10.2. The predicted octanol–water partition coefficient (Wildman–Crippen LogP) is 2.69. The maximum Gasteiger partial charge on any atom is 0.254 e. The summed E-state index contributed by atoms with van der Waals surface area (Å²) >= 11 is 1.28. The van der Waals surface area contributed by atoms with Crippen molar-refractivity contribution in [2.24, 2.45) is 0 Å². The first-order valence-corrected chi connectivity index (χ1v) is 8.57. The number of aryl methyl sites for hydroxylation is 2. The fourth-order valence-electron chi connectivity index (χ4n) is 2.58. The van der Waals surface area contributed by atoms with Gasteiger partial charge in [0.25, 0.3) is 5.56 Å². The van der Waals surface area contributed by atoms with Gasteiger partial charge in [-0.05, 0) is 45.2 Å². The second-order valence-electron chi connectivity index (χ2n) is 5.77. The van der Waals surface area contributed by atoms with Crippen molar-refractivity contribution < 1.29 is 4.79 Å². The first kappa shape index (κ1) is 15.8. The van der Waals surface area contributed by atoms with Crippen molar-refractivity contribution in [2.75, 3.05) is 5.32 Å². The average Bonchev–Trinajstić information content (AvgIpc) is 2.98. The number of nitrogens with zero attached hydrogens (tertiary/aromatic N) is 1. The summed E-state index contributed by atoms with van der Waals surface area (Å²) < 4.78 is 0. The Morgan fingerprint density at radius 2 is 2.04 bits per heavy atom. The highest BCUT2D eigenvalue weighted by Crippen LogP contribution is 2.23. The van der Waals surface area contributed by atoms with E-state index in [1.807, 2.05) is 31.2 Å². The van der Waals surface area contributed by atoms with Crippen LogP contribution in [0.15, 0.2) is 34.2 Å². The monoisotopic (exact) mass is 329 g/mol. The van der Waals surface area contributed by atoms with Crippen LogP contribution in [0.2, 0.25) is 0 Å². The van der Waals surface area contributed by atoms with Crippen molar-refractivity contribution >= 4 is 23.4 Å². The first-order chi connectivity index (χ1) is 11.0. The molecule has 1 aromatic carbocycles. The van der Waals surface area contributed by atoms with Crippen molar-refractivity contribution in [1.29, 1.82) is 0 Å². The molecule has 0 spiro atoms. The zero-order valence-corrected chi connectivity index (χ0v) is 14.0. The number of amides is 1. The van der Waals surface area contributed by atoms with Crippen LogP contribution in [0.1, 0.15) is 30.2 Å². The Hall–Kier alpha value is -2.08. The van der Waals surface area contributed by atoms with Gasteiger partial charge in [-0.2, -0.15) is 0 Å². The van der Waals surface area contributed by atoms with Crippen LogP contribution in [0.5, 0.6) is 0 Å². The van der Waals surface area contributed by atoms with Crippen molar-refractivity contribution in [1.82, 2.24) is 9.97 Å². The van der Waals surface area contributed by atoms with E-state index in [0.29, 0.717) is 5.16 Å². The quantitative estimate of drug-likeness (QED) is 0.668. The molecule has 5 nitrogen and oxygen atoms in total. The number of H-pyrrole nitrogens is 1. The van der Waals surface area contributed by atoms with Gasteiger partial charge in [0.2, 0.25) is 5.91 Å². The minimum Gasteiger partial charge on any atom is -0.325 e. The largest absolute Gasteiger partial charge is 0.325 e. The number of aromatic amines is 1. The molecule has 1 aliphatic carbocycles. The van der Waals surface area contributed by atoms with Crippen molar-refractivity contribution in [2.45, 2.75) is 43.5 Å². The smallest absolute Gasteiger partial charge is 0.254 e. The Balaban J connectivity index is 1.68. The Morgan fingerprint density at radius 3 is 2.78 bits per heavy atom. The molecule has 0 bridgehead atoms. The van der Waals surface area contributed by atoms with Gasteiger partial charge in [0.05, 0.1) is 10.9 Å². The normalized spacial score (nSPS) is 14.3. The van der Waals surface area contributed by atoms with Crippen LogP contribution < -0.4 is 10.9 Å². The number of benzene rings is 1. The summed E-state index contributed by atoms with van der Waals surface area (Å²) in [6.45, 7) is 3.81. The minimum absolute atomic E-state index is 0.0684. The van der Waals surface area contributed by atoms with Crippen LogP contribution in [0.3, 0.4) is 0 Å². The van der Waals surface area contributed by atoms with E-state index in [1.54, 1.807) is 6.92 Å². The molecule has 1 aliphatic rings. The predicted molar refractivity (Wildman–Crippen MR) is 92.0 cm³/mol.